The van der Waals surface area contributed by atoms with E-state index in [1.807, 2.05) is 7.05 Å². The molecule has 3 aromatic heterocycles. The summed E-state index contributed by atoms with van der Waals surface area (Å²) in [5.74, 6) is 0.903. The molecule has 0 radical (unpaired) electrons. The van der Waals surface area contributed by atoms with Crippen LogP contribution in [0.25, 0.3) is 27.3 Å². The quantitative estimate of drug-likeness (QED) is 0.428. The second-order valence-corrected chi connectivity index (χ2v) is 8.12. The van der Waals surface area contributed by atoms with Crippen LogP contribution >= 0.6 is 0 Å². The molecule has 0 bridgehead atoms. The SMILES string of the molecule is CN1Cc2ncnc(Oc3ccc4c(c3)cc3c5c(C(F)(F)F)cccc5[nH]c(=O)n43)c2C1. The van der Waals surface area contributed by atoms with Gasteiger partial charge in [-0.2, -0.15) is 13.2 Å². The maximum atomic E-state index is 13.7. The van der Waals surface area contributed by atoms with Gasteiger partial charge in [0.2, 0.25) is 5.88 Å². The van der Waals surface area contributed by atoms with Gasteiger partial charge < -0.3 is 9.72 Å². The van der Waals surface area contributed by atoms with Crippen LogP contribution in [0.5, 0.6) is 11.6 Å². The van der Waals surface area contributed by atoms with Crippen LogP contribution in [-0.4, -0.2) is 31.3 Å². The zero-order valence-electron chi connectivity index (χ0n) is 17.3. The molecule has 33 heavy (non-hydrogen) atoms. The summed E-state index contributed by atoms with van der Waals surface area (Å²) < 4.78 is 48.4. The molecule has 0 aliphatic carbocycles. The van der Waals surface area contributed by atoms with E-state index in [-0.39, 0.29) is 16.4 Å². The number of fused-ring (bicyclic) bond motifs is 6. The Hall–Kier alpha value is -3.92. The highest BCUT2D eigenvalue weighted by molar-refractivity contribution is 6.02. The van der Waals surface area contributed by atoms with Crippen LogP contribution in [0.1, 0.15) is 16.8 Å². The van der Waals surface area contributed by atoms with Gasteiger partial charge in [-0.05, 0) is 43.4 Å². The van der Waals surface area contributed by atoms with E-state index < -0.39 is 17.4 Å². The Morgan fingerprint density at radius 3 is 2.73 bits per heavy atom. The molecule has 2 aromatic carbocycles. The third-order valence-corrected chi connectivity index (χ3v) is 5.90. The Labute approximate surface area is 184 Å². The number of aromatic amines is 1. The minimum Gasteiger partial charge on any atom is -0.439 e. The van der Waals surface area contributed by atoms with E-state index in [2.05, 4.69) is 19.9 Å². The van der Waals surface area contributed by atoms with Crippen molar-refractivity contribution >= 4 is 27.3 Å². The van der Waals surface area contributed by atoms with Crippen molar-refractivity contribution in [2.45, 2.75) is 19.3 Å². The van der Waals surface area contributed by atoms with Gasteiger partial charge in [0.15, 0.2) is 0 Å². The lowest BCUT2D eigenvalue weighted by Gasteiger charge is -2.11. The van der Waals surface area contributed by atoms with Crippen molar-refractivity contribution in [3.63, 3.8) is 0 Å². The molecule has 0 fully saturated rings. The van der Waals surface area contributed by atoms with E-state index in [0.29, 0.717) is 35.6 Å². The lowest BCUT2D eigenvalue weighted by atomic mass is 10.1. The Morgan fingerprint density at radius 2 is 1.91 bits per heavy atom. The third-order valence-electron chi connectivity index (χ3n) is 5.90. The Morgan fingerprint density at radius 1 is 1.06 bits per heavy atom. The number of alkyl halides is 3. The van der Waals surface area contributed by atoms with Crippen molar-refractivity contribution in [2.24, 2.45) is 0 Å². The summed E-state index contributed by atoms with van der Waals surface area (Å²) in [5.41, 5.74) is 1.26. The van der Waals surface area contributed by atoms with E-state index in [9.17, 15) is 18.0 Å². The first-order valence-corrected chi connectivity index (χ1v) is 10.2. The van der Waals surface area contributed by atoms with Gasteiger partial charge in [0, 0.05) is 23.9 Å². The first kappa shape index (κ1) is 19.7. The van der Waals surface area contributed by atoms with E-state index in [1.54, 1.807) is 24.3 Å². The lowest BCUT2D eigenvalue weighted by Crippen LogP contribution is -2.17. The van der Waals surface area contributed by atoms with Crippen LogP contribution in [0.3, 0.4) is 0 Å². The number of nitrogens with zero attached hydrogens (tertiary/aromatic N) is 4. The van der Waals surface area contributed by atoms with Crippen LogP contribution in [0.15, 0.2) is 53.6 Å². The molecule has 6 rings (SSSR count). The summed E-state index contributed by atoms with van der Waals surface area (Å²) >= 11 is 0. The first-order valence-electron chi connectivity index (χ1n) is 10.2. The smallest absolute Gasteiger partial charge is 0.417 e. The molecule has 5 aromatic rings. The van der Waals surface area contributed by atoms with Crippen LogP contribution in [0, 0.1) is 0 Å². The molecular formula is C23H16F3N5O2. The zero-order chi connectivity index (χ0) is 22.9. The molecule has 10 heteroatoms. The van der Waals surface area contributed by atoms with Gasteiger partial charge >= 0.3 is 11.9 Å². The standard InChI is InChI=1S/C23H16F3N5O2/c1-30-9-14-17(10-30)27-11-28-21(14)33-13-5-6-18-12(7-13)8-19-20-15(23(24,25)26)3-2-4-16(20)29-22(32)31(18)19/h2-8,11H,9-10H2,1H3,(H,29,32). The van der Waals surface area contributed by atoms with Crippen molar-refractivity contribution < 1.29 is 17.9 Å². The maximum absolute atomic E-state index is 13.7. The molecule has 0 saturated carbocycles. The van der Waals surface area contributed by atoms with Gasteiger partial charge in [0.1, 0.15) is 12.1 Å². The number of aromatic nitrogens is 4. The molecule has 1 aliphatic rings. The number of rotatable bonds is 2. The van der Waals surface area contributed by atoms with Crippen molar-refractivity contribution in [3.05, 3.63) is 76.1 Å². The number of ether oxygens (including phenoxy) is 1. The van der Waals surface area contributed by atoms with Crippen molar-refractivity contribution in [1.82, 2.24) is 24.3 Å². The normalized spacial score (nSPS) is 14.4. The van der Waals surface area contributed by atoms with Gasteiger partial charge in [-0.15, -0.1) is 0 Å². The average molecular weight is 451 g/mol. The highest BCUT2D eigenvalue weighted by Crippen LogP contribution is 2.38. The molecule has 0 amide bonds. The lowest BCUT2D eigenvalue weighted by molar-refractivity contribution is -0.136. The summed E-state index contributed by atoms with van der Waals surface area (Å²) in [4.78, 5) is 25.9. The van der Waals surface area contributed by atoms with Crippen LogP contribution in [-0.2, 0) is 19.3 Å². The fourth-order valence-corrected chi connectivity index (χ4v) is 4.51. The molecule has 1 N–H and O–H groups in total. The van der Waals surface area contributed by atoms with Gasteiger partial charge in [-0.1, -0.05) is 6.07 Å². The summed E-state index contributed by atoms with van der Waals surface area (Å²) in [6.07, 6.45) is -3.12. The first-order chi connectivity index (χ1) is 15.8. The number of benzene rings is 2. The van der Waals surface area contributed by atoms with Crippen molar-refractivity contribution in [2.75, 3.05) is 7.05 Å². The highest BCUT2D eigenvalue weighted by atomic mass is 19.4. The number of H-pyrrole nitrogens is 1. The minimum absolute atomic E-state index is 0.0556. The summed E-state index contributed by atoms with van der Waals surface area (Å²) in [7, 11) is 1.97. The Bertz CT molecular complexity index is 1640. The summed E-state index contributed by atoms with van der Waals surface area (Å²) in [5, 5.41) is 0.519. The molecule has 0 spiro atoms. The van der Waals surface area contributed by atoms with E-state index >= 15 is 0 Å². The number of halogens is 3. The molecular weight excluding hydrogens is 435 g/mol. The largest absolute Gasteiger partial charge is 0.439 e. The molecule has 166 valence electrons. The predicted octanol–water partition coefficient (Wildman–Crippen LogP) is 4.48. The topological polar surface area (TPSA) is 75.5 Å². The van der Waals surface area contributed by atoms with Gasteiger partial charge in [0.05, 0.1) is 33.4 Å². The molecule has 7 nitrogen and oxygen atoms in total. The highest BCUT2D eigenvalue weighted by Gasteiger charge is 2.33. The minimum atomic E-state index is -4.57. The fourth-order valence-electron chi connectivity index (χ4n) is 4.51. The maximum Gasteiger partial charge on any atom is 0.417 e. The van der Waals surface area contributed by atoms with E-state index in [1.165, 1.54) is 22.9 Å². The van der Waals surface area contributed by atoms with Crippen molar-refractivity contribution in [3.8, 4) is 11.6 Å². The summed E-state index contributed by atoms with van der Waals surface area (Å²) in [6.45, 7) is 1.36. The zero-order valence-corrected chi connectivity index (χ0v) is 17.3. The van der Waals surface area contributed by atoms with Crippen LogP contribution < -0.4 is 10.4 Å². The van der Waals surface area contributed by atoms with Crippen LogP contribution in [0.4, 0.5) is 13.2 Å². The molecule has 0 unspecified atom stereocenters. The molecule has 0 saturated heterocycles. The molecule has 4 heterocycles. The van der Waals surface area contributed by atoms with E-state index in [0.717, 1.165) is 17.3 Å². The fraction of sp³-hybridized carbons (Fsp3) is 0.174. The third kappa shape index (κ3) is 3.05. The Balaban J connectivity index is 1.54. The second-order valence-electron chi connectivity index (χ2n) is 8.12. The number of hydrogen-bond donors (Lipinski definition) is 1. The van der Waals surface area contributed by atoms with Crippen molar-refractivity contribution in [1.29, 1.82) is 0 Å². The second kappa shape index (κ2) is 6.79. The molecule has 1 aliphatic heterocycles. The van der Waals surface area contributed by atoms with Crippen LogP contribution in [0.2, 0.25) is 0 Å². The predicted molar refractivity (Wildman–Crippen MR) is 115 cm³/mol. The average Bonchev–Trinajstić information content (AvgIpc) is 3.33. The van der Waals surface area contributed by atoms with Gasteiger partial charge in [-0.3, -0.25) is 9.30 Å². The monoisotopic (exact) mass is 451 g/mol. The molecule has 0 atom stereocenters. The number of hydrogen-bond acceptors (Lipinski definition) is 5. The number of nitrogens with one attached hydrogen (secondary N) is 1. The van der Waals surface area contributed by atoms with E-state index in [4.69, 9.17) is 4.74 Å². The van der Waals surface area contributed by atoms with Gasteiger partial charge in [-0.25, -0.2) is 14.8 Å². The van der Waals surface area contributed by atoms with Gasteiger partial charge in [0.25, 0.3) is 0 Å². The summed E-state index contributed by atoms with van der Waals surface area (Å²) in [6, 6.07) is 10.3. The Kier molecular flexibility index (Phi) is 4.06.